The van der Waals surface area contributed by atoms with Gasteiger partial charge in [0.1, 0.15) is 5.75 Å². The van der Waals surface area contributed by atoms with Crippen molar-refractivity contribution in [3.63, 3.8) is 0 Å². The lowest BCUT2D eigenvalue weighted by atomic mass is 10.2. The number of anilines is 1. The van der Waals surface area contributed by atoms with E-state index < -0.39 is 0 Å². The van der Waals surface area contributed by atoms with Crippen molar-refractivity contribution in [2.75, 3.05) is 25.6 Å². The maximum absolute atomic E-state index is 11.8. The molecule has 7 heteroatoms. The number of hydrogen-bond acceptors (Lipinski definition) is 6. The van der Waals surface area contributed by atoms with Crippen LogP contribution in [0.1, 0.15) is 12.5 Å². The summed E-state index contributed by atoms with van der Waals surface area (Å²) in [5, 5.41) is 16.4. The van der Waals surface area contributed by atoms with Gasteiger partial charge in [0, 0.05) is 5.69 Å². The first-order chi connectivity index (χ1) is 12.1. The third-order valence-electron chi connectivity index (χ3n) is 3.23. The van der Waals surface area contributed by atoms with E-state index in [1.807, 2.05) is 31.2 Å². The Balaban J connectivity index is 1.80. The number of nitrogens with zero attached hydrogens (tertiary/aromatic N) is 1. The molecule has 0 aliphatic carbocycles. The van der Waals surface area contributed by atoms with Gasteiger partial charge in [-0.25, -0.2) is 5.43 Å². The highest BCUT2D eigenvalue weighted by atomic mass is 16.5. The Morgan fingerprint density at radius 3 is 2.68 bits per heavy atom. The molecule has 3 N–H and O–H groups in total. The summed E-state index contributed by atoms with van der Waals surface area (Å²) in [4.78, 5) is 11.8. The van der Waals surface area contributed by atoms with Crippen LogP contribution in [0.25, 0.3) is 0 Å². The third kappa shape index (κ3) is 5.72. The van der Waals surface area contributed by atoms with Gasteiger partial charge in [-0.2, -0.15) is 5.10 Å². The van der Waals surface area contributed by atoms with Crippen LogP contribution in [-0.2, 0) is 4.79 Å². The fourth-order valence-electron chi connectivity index (χ4n) is 2.01. The molecule has 2 aromatic rings. The molecule has 0 bridgehead atoms. The van der Waals surface area contributed by atoms with E-state index in [1.165, 1.54) is 19.4 Å². The summed E-state index contributed by atoms with van der Waals surface area (Å²) in [5.74, 6) is 0.887. The second-order valence-corrected chi connectivity index (χ2v) is 5.04. The number of rotatable bonds is 8. The van der Waals surface area contributed by atoms with E-state index in [9.17, 15) is 9.90 Å². The minimum atomic E-state index is -0.282. The summed E-state index contributed by atoms with van der Waals surface area (Å²) in [6.45, 7) is 2.62. The lowest BCUT2D eigenvalue weighted by Gasteiger charge is -2.07. The molecule has 0 unspecified atom stereocenters. The largest absolute Gasteiger partial charge is 0.504 e. The van der Waals surface area contributed by atoms with Gasteiger partial charge < -0.3 is 19.9 Å². The summed E-state index contributed by atoms with van der Waals surface area (Å²) >= 11 is 0. The topological polar surface area (TPSA) is 92.2 Å². The molecule has 0 spiro atoms. The van der Waals surface area contributed by atoms with Crippen molar-refractivity contribution in [3.05, 3.63) is 48.0 Å². The molecule has 7 nitrogen and oxygen atoms in total. The molecule has 2 rings (SSSR count). The molecule has 25 heavy (non-hydrogen) atoms. The number of amides is 1. The molecule has 1 amide bonds. The number of phenols is 1. The number of hydrazone groups is 1. The molecular formula is C18H21N3O4. The molecular weight excluding hydrogens is 322 g/mol. The van der Waals surface area contributed by atoms with E-state index >= 15 is 0 Å². The first-order valence-electron chi connectivity index (χ1n) is 7.78. The van der Waals surface area contributed by atoms with Crippen LogP contribution in [-0.4, -0.2) is 37.5 Å². The van der Waals surface area contributed by atoms with Crippen LogP contribution in [0, 0.1) is 0 Å². The Morgan fingerprint density at radius 2 is 2.00 bits per heavy atom. The number of carbonyl (C=O) groups excluding carboxylic acids is 1. The molecule has 0 aliphatic rings. The van der Waals surface area contributed by atoms with Gasteiger partial charge in [0.2, 0.25) is 0 Å². The van der Waals surface area contributed by atoms with Crippen molar-refractivity contribution in [1.82, 2.24) is 5.43 Å². The van der Waals surface area contributed by atoms with Crippen LogP contribution < -0.4 is 20.2 Å². The van der Waals surface area contributed by atoms with Gasteiger partial charge in [-0.05, 0) is 55.0 Å². The van der Waals surface area contributed by atoms with Crippen molar-refractivity contribution >= 4 is 17.8 Å². The number of phenolic OH excluding ortho intramolecular Hbond substituents is 1. The predicted octanol–water partition coefficient (Wildman–Crippen LogP) is 2.36. The first kappa shape index (κ1) is 18.1. The second kappa shape index (κ2) is 9.17. The van der Waals surface area contributed by atoms with E-state index in [2.05, 4.69) is 15.8 Å². The second-order valence-electron chi connectivity index (χ2n) is 5.04. The van der Waals surface area contributed by atoms with Crippen LogP contribution in [0.2, 0.25) is 0 Å². The lowest BCUT2D eigenvalue weighted by molar-refractivity contribution is -0.119. The Labute approximate surface area is 146 Å². The maximum atomic E-state index is 11.8. The smallest absolute Gasteiger partial charge is 0.259 e. The van der Waals surface area contributed by atoms with Crippen molar-refractivity contribution in [1.29, 1.82) is 0 Å². The Bertz CT molecular complexity index is 730. The van der Waals surface area contributed by atoms with Crippen molar-refractivity contribution in [3.8, 4) is 17.2 Å². The van der Waals surface area contributed by atoms with Crippen LogP contribution in [0.15, 0.2) is 47.6 Å². The highest BCUT2D eigenvalue weighted by molar-refractivity contribution is 5.84. The van der Waals surface area contributed by atoms with Crippen molar-refractivity contribution in [2.24, 2.45) is 5.10 Å². The quantitative estimate of drug-likeness (QED) is 0.505. The summed E-state index contributed by atoms with van der Waals surface area (Å²) in [6.07, 6.45) is 1.47. The minimum Gasteiger partial charge on any atom is -0.504 e. The normalized spacial score (nSPS) is 10.5. The Kier molecular flexibility index (Phi) is 6.65. The van der Waals surface area contributed by atoms with Gasteiger partial charge in [-0.1, -0.05) is 0 Å². The predicted molar refractivity (Wildman–Crippen MR) is 96.5 cm³/mol. The van der Waals surface area contributed by atoms with Gasteiger partial charge in [-0.3, -0.25) is 4.79 Å². The zero-order valence-corrected chi connectivity index (χ0v) is 14.2. The van der Waals surface area contributed by atoms with E-state index in [0.29, 0.717) is 17.9 Å². The molecule has 0 saturated carbocycles. The van der Waals surface area contributed by atoms with E-state index in [4.69, 9.17) is 9.47 Å². The zero-order chi connectivity index (χ0) is 18.1. The van der Waals surface area contributed by atoms with Gasteiger partial charge in [0.05, 0.1) is 26.5 Å². The lowest BCUT2D eigenvalue weighted by Crippen LogP contribution is -2.25. The molecule has 0 heterocycles. The van der Waals surface area contributed by atoms with Crippen LogP contribution in [0.3, 0.4) is 0 Å². The van der Waals surface area contributed by atoms with Gasteiger partial charge in [0.15, 0.2) is 11.5 Å². The Hall–Kier alpha value is -3.22. The summed E-state index contributed by atoms with van der Waals surface area (Å²) < 4.78 is 10.4. The summed E-state index contributed by atoms with van der Waals surface area (Å²) in [5.41, 5.74) is 3.93. The average molecular weight is 343 g/mol. The average Bonchev–Trinajstić information content (AvgIpc) is 2.63. The number of benzene rings is 2. The highest BCUT2D eigenvalue weighted by Crippen LogP contribution is 2.25. The van der Waals surface area contributed by atoms with Crippen LogP contribution in [0.4, 0.5) is 5.69 Å². The summed E-state index contributed by atoms with van der Waals surface area (Å²) in [7, 11) is 1.46. The first-order valence-corrected chi connectivity index (χ1v) is 7.78. The van der Waals surface area contributed by atoms with Crippen molar-refractivity contribution in [2.45, 2.75) is 6.92 Å². The SMILES string of the molecule is CCOc1ccc(NCC(=O)N/N=C\c2ccc(O)c(OC)c2)cc1. The maximum Gasteiger partial charge on any atom is 0.259 e. The molecule has 0 saturated heterocycles. The zero-order valence-electron chi connectivity index (χ0n) is 14.2. The highest BCUT2D eigenvalue weighted by Gasteiger charge is 2.02. The number of hydrogen-bond donors (Lipinski definition) is 3. The van der Waals surface area contributed by atoms with Gasteiger partial charge >= 0.3 is 0 Å². The molecule has 0 aromatic heterocycles. The number of nitrogens with one attached hydrogen (secondary N) is 2. The van der Waals surface area contributed by atoms with Gasteiger partial charge in [-0.15, -0.1) is 0 Å². The molecule has 132 valence electrons. The number of ether oxygens (including phenoxy) is 2. The summed E-state index contributed by atoms with van der Waals surface area (Å²) in [6, 6.07) is 12.1. The molecule has 0 fully saturated rings. The molecule has 0 aliphatic heterocycles. The van der Waals surface area contributed by atoms with Crippen molar-refractivity contribution < 1.29 is 19.4 Å². The molecule has 0 radical (unpaired) electrons. The monoisotopic (exact) mass is 343 g/mol. The number of aromatic hydroxyl groups is 1. The Morgan fingerprint density at radius 1 is 1.24 bits per heavy atom. The van der Waals surface area contributed by atoms with Gasteiger partial charge in [0.25, 0.3) is 5.91 Å². The standard InChI is InChI=1S/C18H21N3O4/c1-3-25-15-7-5-14(6-8-15)19-12-18(23)21-20-11-13-4-9-16(22)17(10-13)24-2/h4-11,19,22H,3,12H2,1-2H3,(H,21,23)/b20-11-. The third-order valence-corrected chi connectivity index (χ3v) is 3.23. The van der Waals surface area contributed by atoms with Crippen LogP contribution >= 0.6 is 0 Å². The fourth-order valence-corrected chi connectivity index (χ4v) is 2.01. The molecule has 2 aromatic carbocycles. The number of methoxy groups -OCH3 is 1. The fraction of sp³-hybridized carbons (Fsp3) is 0.222. The minimum absolute atomic E-state index is 0.0447. The van der Waals surface area contributed by atoms with E-state index in [-0.39, 0.29) is 18.2 Å². The van der Waals surface area contributed by atoms with E-state index in [1.54, 1.807) is 12.1 Å². The molecule has 0 atom stereocenters. The van der Waals surface area contributed by atoms with E-state index in [0.717, 1.165) is 11.4 Å². The van der Waals surface area contributed by atoms with Crippen LogP contribution in [0.5, 0.6) is 17.2 Å². The number of carbonyl (C=O) groups is 1.